The van der Waals surface area contributed by atoms with Crippen LogP contribution in [0.1, 0.15) is 32.8 Å². The molecule has 1 rings (SSSR count). The molecule has 0 atom stereocenters. The molecule has 1 aromatic carbocycles. The zero-order chi connectivity index (χ0) is 13.1. The molecule has 0 radical (unpaired) electrons. The van der Waals surface area contributed by atoms with Crippen molar-refractivity contribution in [3.63, 3.8) is 0 Å². The molecule has 0 aliphatic carbocycles. The third-order valence-electron chi connectivity index (χ3n) is 2.82. The van der Waals surface area contributed by atoms with Crippen molar-refractivity contribution in [1.29, 1.82) is 0 Å². The summed E-state index contributed by atoms with van der Waals surface area (Å²) < 4.78 is 10.5. The largest absolute Gasteiger partial charge is 0.497 e. The second-order valence-corrected chi connectivity index (χ2v) is 4.86. The van der Waals surface area contributed by atoms with Gasteiger partial charge in [-0.05, 0) is 30.0 Å². The molecule has 3 nitrogen and oxygen atoms in total. The van der Waals surface area contributed by atoms with Crippen LogP contribution in [0.3, 0.4) is 0 Å². The summed E-state index contributed by atoms with van der Waals surface area (Å²) in [7, 11) is 3.24. The van der Waals surface area contributed by atoms with Gasteiger partial charge < -0.3 is 9.47 Å². The van der Waals surface area contributed by atoms with Gasteiger partial charge in [-0.15, -0.1) is 0 Å². The molecule has 0 aliphatic heterocycles. The van der Waals surface area contributed by atoms with Crippen molar-refractivity contribution < 1.29 is 14.3 Å². The highest BCUT2D eigenvalue weighted by molar-refractivity contribution is 5.77. The Labute approximate surface area is 103 Å². The maximum absolute atomic E-state index is 11.3. The van der Waals surface area contributed by atoms with Gasteiger partial charge >= 0.3 is 0 Å². The number of carbonyl (C=O) groups is 1. The Kier molecular flexibility index (Phi) is 4.16. The molecule has 0 aromatic heterocycles. The number of methoxy groups -OCH3 is 2. The molecule has 0 aliphatic rings. The number of Topliss-reactive ketones (excluding diaryl/α,β-unsaturated/α-hetero) is 1. The van der Waals surface area contributed by atoms with Crippen LogP contribution in [0.15, 0.2) is 18.2 Å². The first-order valence-electron chi connectivity index (χ1n) is 5.62. The van der Waals surface area contributed by atoms with Crippen LogP contribution in [-0.2, 0) is 10.2 Å². The van der Waals surface area contributed by atoms with E-state index in [1.807, 2.05) is 32.0 Å². The van der Waals surface area contributed by atoms with Gasteiger partial charge in [0.1, 0.15) is 17.3 Å². The predicted octanol–water partition coefficient (Wildman–Crippen LogP) is 2.96. The number of rotatable bonds is 5. The van der Waals surface area contributed by atoms with Crippen LogP contribution in [0.2, 0.25) is 0 Å². The summed E-state index contributed by atoms with van der Waals surface area (Å²) in [5.74, 6) is 1.67. The number of hydrogen-bond donors (Lipinski definition) is 0. The van der Waals surface area contributed by atoms with Crippen LogP contribution in [0, 0.1) is 0 Å². The Hall–Kier alpha value is -1.51. The molecule has 3 heteroatoms. The summed E-state index contributed by atoms with van der Waals surface area (Å²) in [6.45, 7) is 5.70. The fourth-order valence-corrected chi connectivity index (χ4v) is 1.92. The predicted molar refractivity (Wildman–Crippen MR) is 67.9 cm³/mol. The van der Waals surface area contributed by atoms with Crippen molar-refractivity contribution in [2.24, 2.45) is 0 Å². The molecule has 17 heavy (non-hydrogen) atoms. The van der Waals surface area contributed by atoms with Gasteiger partial charge in [-0.1, -0.05) is 13.8 Å². The van der Waals surface area contributed by atoms with E-state index >= 15 is 0 Å². The van der Waals surface area contributed by atoms with Crippen molar-refractivity contribution in [2.75, 3.05) is 14.2 Å². The minimum absolute atomic E-state index is 0.178. The topological polar surface area (TPSA) is 35.5 Å². The van der Waals surface area contributed by atoms with E-state index in [1.54, 1.807) is 21.1 Å². The Bertz CT molecular complexity index is 386. The summed E-state index contributed by atoms with van der Waals surface area (Å²) in [6.07, 6.45) is 0.503. The lowest BCUT2D eigenvalue weighted by Gasteiger charge is -2.25. The number of hydrogen-bond acceptors (Lipinski definition) is 3. The van der Waals surface area contributed by atoms with Crippen LogP contribution < -0.4 is 9.47 Å². The molecule has 0 amide bonds. The molecule has 0 saturated carbocycles. The van der Waals surface area contributed by atoms with Crippen LogP contribution in [0.25, 0.3) is 0 Å². The maximum atomic E-state index is 11.3. The Morgan fingerprint density at radius 2 is 1.59 bits per heavy atom. The van der Waals surface area contributed by atoms with Crippen molar-refractivity contribution in [2.45, 2.75) is 32.6 Å². The Balaban J connectivity index is 3.15. The average molecular weight is 236 g/mol. The SMILES string of the molecule is COc1cc(OC)cc(C(C)(C)CC(C)=O)c1. The standard InChI is InChI=1S/C14H20O3/c1-10(15)9-14(2,3)11-6-12(16-4)8-13(7-11)17-5/h6-8H,9H2,1-5H3. The smallest absolute Gasteiger partial charge is 0.130 e. The van der Waals surface area contributed by atoms with E-state index in [4.69, 9.17) is 9.47 Å². The lowest BCUT2D eigenvalue weighted by Crippen LogP contribution is -2.20. The van der Waals surface area contributed by atoms with Gasteiger partial charge in [0.2, 0.25) is 0 Å². The fraction of sp³-hybridized carbons (Fsp3) is 0.500. The van der Waals surface area contributed by atoms with E-state index in [9.17, 15) is 4.79 Å². The lowest BCUT2D eigenvalue weighted by molar-refractivity contribution is -0.118. The highest BCUT2D eigenvalue weighted by Crippen LogP contribution is 2.33. The number of benzene rings is 1. The number of carbonyl (C=O) groups excluding carboxylic acids is 1. The molecule has 94 valence electrons. The molecular formula is C14H20O3. The van der Waals surface area contributed by atoms with Gasteiger partial charge in [0.25, 0.3) is 0 Å². The van der Waals surface area contributed by atoms with Crippen molar-refractivity contribution in [1.82, 2.24) is 0 Å². The molecule has 0 fully saturated rings. The zero-order valence-corrected chi connectivity index (χ0v) is 11.2. The first-order valence-corrected chi connectivity index (χ1v) is 5.62. The van der Waals surface area contributed by atoms with Gasteiger partial charge in [0, 0.05) is 12.5 Å². The minimum Gasteiger partial charge on any atom is -0.497 e. The van der Waals surface area contributed by atoms with Crippen LogP contribution >= 0.6 is 0 Å². The van der Waals surface area contributed by atoms with Gasteiger partial charge in [-0.3, -0.25) is 4.79 Å². The molecule has 1 aromatic rings. The summed E-state index contributed by atoms with van der Waals surface area (Å²) in [6, 6.07) is 5.73. The summed E-state index contributed by atoms with van der Waals surface area (Å²) in [4.78, 5) is 11.3. The maximum Gasteiger partial charge on any atom is 0.130 e. The molecular weight excluding hydrogens is 216 g/mol. The highest BCUT2D eigenvalue weighted by atomic mass is 16.5. The van der Waals surface area contributed by atoms with Crippen LogP contribution in [0.5, 0.6) is 11.5 Å². The van der Waals surface area contributed by atoms with Gasteiger partial charge in [-0.25, -0.2) is 0 Å². The van der Waals surface area contributed by atoms with Gasteiger partial charge in [0.05, 0.1) is 14.2 Å². The normalized spacial score (nSPS) is 11.1. The van der Waals surface area contributed by atoms with E-state index < -0.39 is 0 Å². The first kappa shape index (κ1) is 13.6. The second kappa shape index (κ2) is 5.21. The third-order valence-corrected chi connectivity index (χ3v) is 2.82. The molecule has 0 spiro atoms. The molecule has 0 N–H and O–H groups in total. The molecule has 0 heterocycles. The molecule has 0 unspecified atom stereocenters. The monoisotopic (exact) mass is 236 g/mol. The highest BCUT2D eigenvalue weighted by Gasteiger charge is 2.23. The van der Waals surface area contributed by atoms with E-state index in [0.29, 0.717) is 6.42 Å². The average Bonchev–Trinajstić information content (AvgIpc) is 2.26. The Morgan fingerprint density at radius 3 is 1.94 bits per heavy atom. The summed E-state index contributed by atoms with van der Waals surface area (Å²) >= 11 is 0. The van der Waals surface area contributed by atoms with Crippen molar-refractivity contribution in [3.05, 3.63) is 23.8 Å². The minimum atomic E-state index is -0.215. The summed E-state index contributed by atoms with van der Waals surface area (Å²) in [5.41, 5.74) is 0.831. The van der Waals surface area contributed by atoms with E-state index in [0.717, 1.165) is 17.1 Å². The van der Waals surface area contributed by atoms with Gasteiger partial charge in [0.15, 0.2) is 0 Å². The van der Waals surface area contributed by atoms with Gasteiger partial charge in [-0.2, -0.15) is 0 Å². The first-order chi connectivity index (χ1) is 7.89. The summed E-state index contributed by atoms with van der Waals surface area (Å²) in [5, 5.41) is 0. The van der Waals surface area contributed by atoms with Crippen LogP contribution in [-0.4, -0.2) is 20.0 Å². The van der Waals surface area contributed by atoms with E-state index in [1.165, 1.54) is 0 Å². The van der Waals surface area contributed by atoms with Crippen molar-refractivity contribution >= 4 is 5.78 Å². The lowest BCUT2D eigenvalue weighted by atomic mass is 9.80. The molecule has 0 bridgehead atoms. The fourth-order valence-electron chi connectivity index (χ4n) is 1.92. The van der Waals surface area contributed by atoms with E-state index in [-0.39, 0.29) is 11.2 Å². The third kappa shape index (κ3) is 3.48. The van der Waals surface area contributed by atoms with Crippen molar-refractivity contribution in [3.8, 4) is 11.5 Å². The second-order valence-electron chi connectivity index (χ2n) is 4.86. The quantitative estimate of drug-likeness (QED) is 0.788. The number of ketones is 1. The Morgan fingerprint density at radius 1 is 1.12 bits per heavy atom. The van der Waals surface area contributed by atoms with Crippen LogP contribution in [0.4, 0.5) is 0 Å². The number of ether oxygens (including phenoxy) is 2. The zero-order valence-electron chi connectivity index (χ0n) is 11.2. The van der Waals surface area contributed by atoms with E-state index in [2.05, 4.69) is 0 Å². The molecule has 0 saturated heterocycles.